The Labute approximate surface area is 125 Å². The Balaban J connectivity index is 2.10. The van der Waals surface area contributed by atoms with Gasteiger partial charge in [-0.15, -0.1) is 0 Å². The fourth-order valence-electron chi connectivity index (χ4n) is 1.91. The number of hydrogen-bond donors (Lipinski definition) is 1. The molecule has 1 N–H and O–H groups in total. The lowest BCUT2D eigenvalue weighted by Crippen LogP contribution is -2.24. The van der Waals surface area contributed by atoms with E-state index in [1.54, 1.807) is 7.11 Å². The summed E-state index contributed by atoms with van der Waals surface area (Å²) >= 11 is 0. The molecule has 2 rings (SSSR count). The fourth-order valence-corrected chi connectivity index (χ4v) is 1.91. The first-order valence-electron chi connectivity index (χ1n) is 6.95. The van der Waals surface area contributed by atoms with Crippen LogP contribution >= 0.6 is 0 Å². The minimum Gasteiger partial charge on any atom is -0.497 e. The van der Waals surface area contributed by atoms with E-state index in [1.165, 1.54) is 0 Å². The quantitative estimate of drug-likeness (QED) is 0.885. The fraction of sp³-hybridized carbons (Fsp3) is 0.375. The standard InChI is InChI=1S/C16H21N3O2/c1-11(13-5-7-14(20-4)8-6-13)9-16-18-15(19-21-16)10-12(2)17-3/h5-9,12,17H,10H2,1-4H3/b11-9-. The third-order valence-electron chi connectivity index (χ3n) is 3.35. The summed E-state index contributed by atoms with van der Waals surface area (Å²) in [5.74, 6) is 2.08. The normalized spacial score (nSPS) is 13.2. The van der Waals surface area contributed by atoms with Gasteiger partial charge in [0.25, 0.3) is 5.89 Å². The second kappa shape index (κ2) is 7.04. The predicted molar refractivity (Wildman–Crippen MR) is 83.1 cm³/mol. The van der Waals surface area contributed by atoms with Gasteiger partial charge in [0.15, 0.2) is 5.82 Å². The number of benzene rings is 1. The van der Waals surface area contributed by atoms with Gasteiger partial charge in [0.1, 0.15) is 5.75 Å². The van der Waals surface area contributed by atoms with Gasteiger partial charge in [-0.25, -0.2) is 0 Å². The molecule has 0 saturated heterocycles. The van der Waals surface area contributed by atoms with Crippen LogP contribution in [0.1, 0.15) is 31.1 Å². The zero-order chi connectivity index (χ0) is 15.2. The lowest BCUT2D eigenvalue weighted by atomic mass is 10.1. The molecule has 0 radical (unpaired) electrons. The summed E-state index contributed by atoms with van der Waals surface area (Å²) in [5.41, 5.74) is 2.16. The summed E-state index contributed by atoms with van der Waals surface area (Å²) in [7, 11) is 3.57. The molecular weight excluding hydrogens is 266 g/mol. The highest BCUT2D eigenvalue weighted by Crippen LogP contribution is 2.20. The lowest BCUT2D eigenvalue weighted by Gasteiger charge is -2.04. The number of nitrogens with one attached hydrogen (secondary N) is 1. The van der Waals surface area contributed by atoms with Gasteiger partial charge in [-0.2, -0.15) is 4.98 Å². The van der Waals surface area contributed by atoms with E-state index in [-0.39, 0.29) is 0 Å². The van der Waals surface area contributed by atoms with Crippen molar-refractivity contribution in [1.29, 1.82) is 0 Å². The van der Waals surface area contributed by atoms with Crippen molar-refractivity contribution in [2.75, 3.05) is 14.2 Å². The highest BCUT2D eigenvalue weighted by atomic mass is 16.5. The van der Waals surface area contributed by atoms with Crippen LogP contribution in [0, 0.1) is 0 Å². The van der Waals surface area contributed by atoms with Crippen LogP contribution in [0.3, 0.4) is 0 Å². The van der Waals surface area contributed by atoms with Crippen LogP contribution in [-0.4, -0.2) is 30.3 Å². The number of allylic oxidation sites excluding steroid dienone is 1. The van der Waals surface area contributed by atoms with Crippen LogP contribution in [-0.2, 0) is 6.42 Å². The van der Waals surface area contributed by atoms with Crippen LogP contribution in [0.4, 0.5) is 0 Å². The first-order chi connectivity index (χ1) is 10.1. The molecule has 0 amide bonds. The van der Waals surface area contributed by atoms with Crippen molar-refractivity contribution in [3.63, 3.8) is 0 Å². The highest BCUT2D eigenvalue weighted by Gasteiger charge is 2.08. The Kier molecular flexibility index (Phi) is 5.11. The molecule has 1 aromatic heterocycles. The molecule has 5 nitrogen and oxygen atoms in total. The third-order valence-corrected chi connectivity index (χ3v) is 3.35. The molecule has 1 atom stereocenters. The molecular formula is C16H21N3O2. The largest absolute Gasteiger partial charge is 0.497 e. The number of rotatable bonds is 6. The van der Waals surface area contributed by atoms with Crippen LogP contribution in [0.5, 0.6) is 5.75 Å². The summed E-state index contributed by atoms with van der Waals surface area (Å²) in [4.78, 5) is 4.38. The molecule has 0 spiro atoms. The first kappa shape index (κ1) is 15.3. The summed E-state index contributed by atoms with van der Waals surface area (Å²) in [6.45, 7) is 4.09. The molecule has 21 heavy (non-hydrogen) atoms. The molecule has 112 valence electrons. The number of hydrogen-bond acceptors (Lipinski definition) is 5. The smallest absolute Gasteiger partial charge is 0.250 e. The Bertz CT molecular complexity index is 602. The lowest BCUT2D eigenvalue weighted by molar-refractivity contribution is 0.400. The van der Waals surface area contributed by atoms with Crippen molar-refractivity contribution in [1.82, 2.24) is 15.5 Å². The third kappa shape index (κ3) is 4.16. The van der Waals surface area contributed by atoms with Crippen LogP contribution < -0.4 is 10.1 Å². The van der Waals surface area contributed by atoms with E-state index in [9.17, 15) is 0 Å². The van der Waals surface area contributed by atoms with E-state index >= 15 is 0 Å². The van der Waals surface area contributed by atoms with Crippen molar-refractivity contribution in [3.8, 4) is 5.75 Å². The van der Waals surface area contributed by atoms with Gasteiger partial charge in [-0.05, 0) is 44.2 Å². The maximum absolute atomic E-state index is 5.26. The Morgan fingerprint density at radius 3 is 2.71 bits per heavy atom. The van der Waals surface area contributed by atoms with Crippen LogP contribution in [0.15, 0.2) is 28.8 Å². The minimum absolute atomic E-state index is 0.321. The SMILES string of the molecule is CNC(C)Cc1noc(/C=C(/C)c2ccc(OC)cc2)n1. The molecule has 0 fully saturated rings. The minimum atomic E-state index is 0.321. The van der Waals surface area contributed by atoms with Gasteiger partial charge in [0, 0.05) is 18.5 Å². The summed E-state index contributed by atoms with van der Waals surface area (Å²) in [5, 5.41) is 7.14. The van der Waals surface area contributed by atoms with Gasteiger partial charge >= 0.3 is 0 Å². The van der Waals surface area contributed by atoms with Crippen molar-refractivity contribution in [3.05, 3.63) is 41.5 Å². The highest BCUT2D eigenvalue weighted by molar-refractivity contribution is 5.77. The van der Waals surface area contributed by atoms with E-state index in [2.05, 4.69) is 22.4 Å². The molecule has 0 saturated carbocycles. The second-order valence-electron chi connectivity index (χ2n) is 5.00. The van der Waals surface area contributed by atoms with E-state index < -0.39 is 0 Å². The van der Waals surface area contributed by atoms with Crippen molar-refractivity contribution in [2.24, 2.45) is 0 Å². The van der Waals surface area contributed by atoms with E-state index in [0.29, 0.717) is 17.8 Å². The molecule has 1 aromatic carbocycles. The van der Waals surface area contributed by atoms with E-state index in [0.717, 1.165) is 23.3 Å². The predicted octanol–water partition coefficient (Wildman–Crippen LogP) is 2.79. The van der Waals surface area contributed by atoms with Gasteiger partial charge in [-0.3, -0.25) is 0 Å². The average molecular weight is 287 g/mol. The number of aromatic nitrogens is 2. The number of nitrogens with zero attached hydrogens (tertiary/aromatic N) is 2. The molecule has 1 unspecified atom stereocenters. The summed E-state index contributed by atoms with van der Waals surface area (Å²) < 4.78 is 10.4. The maximum Gasteiger partial charge on any atom is 0.250 e. The molecule has 2 aromatic rings. The van der Waals surface area contributed by atoms with E-state index in [4.69, 9.17) is 9.26 Å². The molecule has 0 bridgehead atoms. The van der Waals surface area contributed by atoms with Crippen molar-refractivity contribution in [2.45, 2.75) is 26.3 Å². The summed E-state index contributed by atoms with van der Waals surface area (Å²) in [6.07, 6.45) is 2.64. The van der Waals surface area contributed by atoms with Gasteiger partial charge in [-0.1, -0.05) is 17.3 Å². The monoisotopic (exact) mass is 287 g/mol. The Hall–Kier alpha value is -2.14. The van der Waals surface area contributed by atoms with Gasteiger partial charge in [0.05, 0.1) is 7.11 Å². The Morgan fingerprint density at radius 1 is 1.38 bits per heavy atom. The topological polar surface area (TPSA) is 60.2 Å². The second-order valence-corrected chi connectivity index (χ2v) is 5.00. The molecule has 0 aliphatic carbocycles. The van der Waals surface area contributed by atoms with E-state index in [1.807, 2.05) is 44.3 Å². The van der Waals surface area contributed by atoms with Crippen molar-refractivity contribution < 1.29 is 9.26 Å². The van der Waals surface area contributed by atoms with Gasteiger partial charge in [0.2, 0.25) is 0 Å². The molecule has 0 aliphatic rings. The number of likely N-dealkylation sites (N-methyl/N-ethyl adjacent to an activating group) is 1. The molecule has 5 heteroatoms. The molecule has 1 heterocycles. The van der Waals surface area contributed by atoms with Crippen LogP contribution in [0.25, 0.3) is 11.6 Å². The molecule has 0 aliphatic heterocycles. The van der Waals surface area contributed by atoms with Gasteiger partial charge < -0.3 is 14.6 Å². The number of ether oxygens (including phenoxy) is 1. The first-order valence-corrected chi connectivity index (χ1v) is 6.95. The summed E-state index contributed by atoms with van der Waals surface area (Å²) in [6, 6.07) is 8.19. The zero-order valence-electron chi connectivity index (χ0n) is 12.9. The van der Waals surface area contributed by atoms with Crippen LogP contribution in [0.2, 0.25) is 0 Å². The van der Waals surface area contributed by atoms with Crippen molar-refractivity contribution >= 4 is 11.6 Å². The Morgan fingerprint density at radius 2 is 2.10 bits per heavy atom. The average Bonchev–Trinajstić information content (AvgIpc) is 2.94. The number of methoxy groups -OCH3 is 1. The zero-order valence-corrected chi connectivity index (χ0v) is 12.9. The maximum atomic E-state index is 5.26.